The normalized spacial score (nSPS) is 19.4. The molecule has 16 heavy (non-hydrogen) atoms. The van der Waals surface area contributed by atoms with Crippen LogP contribution in [-0.4, -0.2) is 17.6 Å². The molecule has 88 valence electrons. The van der Waals surface area contributed by atoms with E-state index in [9.17, 15) is 0 Å². The molecule has 0 radical (unpaired) electrons. The lowest BCUT2D eigenvalue weighted by Gasteiger charge is -2.23. The number of hydrogen-bond acceptors (Lipinski definition) is 3. The van der Waals surface area contributed by atoms with Gasteiger partial charge in [0.2, 0.25) is 0 Å². The van der Waals surface area contributed by atoms with Crippen LogP contribution in [-0.2, 0) is 4.74 Å². The zero-order valence-corrected chi connectivity index (χ0v) is 9.80. The molecule has 0 aromatic carbocycles. The number of nitrogens with two attached hydrogens (primary N) is 1. The van der Waals surface area contributed by atoms with Crippen LogP contribution >= 0.6 is 0 Å². The van der Waals surface area contributed by atoms with Crippen LogP contribution in [0.1, 0.15) is 37.9 Å². The van der Waals surface area contributed by atoms with Crippen molar-refractivity contribution in [3.8, 4) is 0 Å². The molecule has 2 rings (SSSR count). The molecule has 1 fully saturated rings. The molecule has 3 nitrogen and oxygen atoms in total. The molecule has 2 N–H and O–H groups in total. The molecule has 0 saturated heterocycles. The highest BCUT2D eigenvalue weighted by atomic mass is 16.5. The Balaban J connectivity index is 2.00. The lowest BCUT2D eigenvalue weighted by Crippen LogP contribution is -2.30. The number of rotatable bonds is 6. The Bertz CT molecular complexity index is 311. The third-order valence-electron chi connectivity index (χ3n) is 3.10. The second-order valence-corrected chi connectivity index (χ2v) is 4.55. The third-order valence-corrected chi connectivity index (χ3v) is 3.10. The molecular weight excluding hydrogens is 200 g/mol. The van der Waals surface area contributed by atoms with Crippen molar-refractivity contribution >= 4 is 0 Å². The summed E-state index contributed by atoms with van der Waals surface area (Å²) < 4.78 is 5.95. The largest absolute Gasteiger partial charge is 0.372 e. The topological polar surface area (TPSA) is 48.1 Å². The van der Waals surface area contributed by atoms with Crippen LogP contribution in [0.4, 0.5) is 0 Å². The second-order valence-electron chi connectivity index (χ2n) is 4.55. The summed E-state index contributed by atoms with van der Waals surface area (Å²) in [5.41, 5.74) is 7.25. The Morgan fingerprint density at radius 2 is 2.12 bits per heavy atom. The molecule has 1 saturated carbocycles. The summed E-state index contributed by atoms with van der Waals surface area (Å²) in [6.45, 7) is 2.94. The van der Waals surface area contributed by atoms with Crippen molar-refractivity contribution in [2.45, 2.75) is 38.3 Å². The maximum atomic E-state index is 6.11. The van der Waals surface area contributed by atoms with E-state index < -0.39 is 0 Å². The van der Waals surface area contributed by atoms with Crippen LogP contribution < -0.4 is 5.73 Å². The minimum atomic E-state index is 0.0219. The lowest BCUT2D eigenvalue weighted by molar-refractivity contribution is 0.0268. The van der Waals surface area contributed by atoms with Crippen molar-refractivity contribution in [1.82, 2.24) is 4.98 Å². The van der Waals surface area contributed by atoms with E-state index in [4.69, 9.17) is 10.5 Å². The fraction of sp³-hybridized carbons (Fsp3) is 0.615. The van der Waals surface area contributed by atoms with Gasteiger partial charge in [0, 0.05) is 18.4 Å². The monoisotopic (exact) mass is 220 g/mol. The first-order valence-corrected chi connectivity index (χ1v) is 6.08. The third kappa shape index (κ3) is 3.03. The maximum Gasteiger partial charge on any atom is 0.0976 e. The molecule has 0 amide bonds. The fourth-order valence-electron chi connectivity index (χ4n) is 1.76. The molecule has 0 bridgehead atoms. The molecular formula is C13H20N2O. The van der Waals surface area contributed by atoms with Gasteiger partial charge in [0.05, 0.1) is 12.7 Å². The SMILES string of the molecule is CCC(N)C(OCC1CC1)c1ccncc1. The van der Waals surface area contributed by atoms with Crippen molar-refractivity contribution in [2.75, 3.05) is 6.61 Å². The Hall–Kier alpha value is -0.930. The highest BCUT2D eigenvalue weighted by Gasteiger charge is 2.25. The number of pyridine rings is 1. The van der Waals surface area contributed by atoms with E-state index in [-0.39, 0.29) is 12.1 Å². The van der Waals surface area contributed by atoms with Crippen molar-refractivity contribution < 1.29 is 4.74 Å². The van der Waals surface area contributed by atoms with E-state index >= 15 is 0 Å². The van der Waals surface area contributed by atoms with Crippen molar-refractivity contribution in [1.29, 1.82) is 0 Å². The second kappa shape index (κ2) is 5.41. The van der Waals surface area contributed by atoms with E-state index in [1.165, 1.54) is 12.8 Å². The van der Waals surface area contributed by atoms with Gasteiger partial charge in [-0.3, -0.25) is 4.98 Å². The van der Waals surface area contributed by atoms with Crippen LogP contribution in [0.3, 0.4) is 0 Å². The smallest absolute Gasteiger partial charge is 0.0976 e. The Morgan fingerprint density at radius 3 is 2.69 bits per heavy atom. The Morgan fingerprint density at radius 1 is 1.44 bits per heavy atom. The van der Waals surface area contributed by atoms with Gasteiger partial charge in [-0.25, -0.2) is 0 Å². The predicted molar refractivity (Wildman–Crippen MR) is 63.9 cm³/mol. The molecule has 1 aliphatic carbocycles. The van der Waals surface area contributed by atoms with Gasteiger partial charge in [-0.1, -0.05) is 6.92 Å². The minimum absolute atomic E-state index is 0.0219. The van der Waals surface area contributed by atoms with Crippen LogP contribution in [0, 0.1) is 5.92 Å². The van der Waals surface area contributed by atoms with Crippen LogP contribution in [0.15, 0.2) is 24.5 Å². The van der Waals surface area contributed by atoms with E-state index in [0.29, 0.717) is 0 Å². The Labute approximate surface area is 97.0 Å². The Kier molecular flexibility index (Phi) is 3.91. The molecule has 1 aliphatic rings. The molecule has 3 heteroatoms. The lowest BCUT2D eigenvalue weighted by atomic mass is 10.0. The number of ether oxygens (including phenoxy) is 1. The molecule has 2 atom stereocenters. The van der Waals surface area contributed by atoms with Crippen LogP contribution in [0.25, 0.3) is 0 Å². The minimum Gasteiger partial charge on any atom is -0.372 e. The van der Waals surface area contributed by atoms with E-state index in [1.807, 2.05) is 12.1 Å². The first-order chi connectivity index (χ1) is 7.81. The van der Waals surface area contributed by atoms with Gasteiger partial charge in [0.1, 0.15) is 0 Å². The van der Waals surface area contributed by atoms with E-state index in [1.54, 1.807) is 12.4 Å². The number of aromatic nitrogens is 1. The van der Waals surface area contributed by atoms with Gasteiger partial charge >= 0.3 is 0 Å². The van der Waals surface area contributed by atoms with Crippen LogP contribution in [0.2, 0.25) is 0 Å². The van der Waals surface area contributed by atoms with Gasteiger partial charge < -0.3 is 10.5 Å². The highest BCUT2D eigenvalue weighted by molar-refractivity contribution is 5.15. The molecule has 1 aromatic rings. The van der Waals surface area contributed by atoms with Crippen molar-refractivity contribution in [2.24, 2.45) is 11.7 Å². The fourth-order valence-corrected chi connectivity index (χ4v) is 1.76. The summed E-state index contributed by atoms with van der Waals surface area (Å²) in [5, 5.41) is 0. The first kappa shape index (κ1) is 11.6. The standard InChI is InChI=1S/C13H20N2O/c1-2-12(14)13(16-9-10-3-4-10)11-5-7-15-8-6-11/h5-8,10,12-13H,2-4,9,14H2,1H3. The highest BCUT2D eigenvalue weighted by Crippen LogP contribution is 2.32. The molecule has 1 aromatic heterocycles. The zero-order valence-electron chi connectivity index (χ0n) is 9.80. The average molecular weight is 220 g/mol. The summed E-state index contributed by atoms with van der Waals surface area (Å²) in [6.07, 6.45) is 7.16. The molecule has 0 aliphatic heterocycles. The number of nitrogens with zero attached hydrogens (tertiary/aromatic N) is 1. The summed E-state index contributed by atoms with van der Waals surface area (Å²) in [7, 11) is 0. The summed E-state index contributed by atoms with van der Waals surface area (Å²) in [6, 6.07) is 4.06. The predicted octanol–water partition coefficient (Wildman–Crippen LogP) is 2.29. The summed E-state index contributed by atoms with van der Waals surface area (Å²) in [4.78, 5) is 4.02. The quantitative estimate of drug-likeness (QED) is 0.800. The zero-order chi connectivity index (χ0) is 11.4. The number of hydrogen-bond donors (Lipinski definition) is 1. The summed E-state index contributed by atoms with van der Waals surface area (Å²) in [5.74, 6) is 0.772. The summed E-state index contributed by atoms with van der Waals surface area (Å²) >= 11 is 0. The van der Waals surface area contributed by atoms with Gasteiger partial charge in [0.15, 0.2) is 0 Å². The van der Waals surface area contributed by atoms with Crippen LogP contribution in [0.5, 0.6) is 0 Å². The van der Waals surface area contributed by atoms with Gasteiger partial charge in [-0.2, -0.15) is 0 Å². The van der Waals surface area contributed by atoms with E-state index in [0.717, 1.165) is 24.5 Å². The molecule has 2 unspecified atom stereocenters. The molecule has 1 heterocycles. The first-order valence-electron chi connectivity index (χ1n) is 6.08. The average Bonchev–Trinajstić information content (AvgIpc) is 3.14. The van der Waals surface area contributed by atoms with Gasteiger partial charge in [0.25, 0.3) is 0 Å². The molecule has 0 spiro atoms. The maximum absolute atomic E-state index is 6.11. The van der Waals surface area contributed by atoms with E-state index in [2.05, 4.69) is 11.9 Å². The van der Waals surface area contributed by atoms with Gasteiger partial charge in [-0.15, -0.1) is 0 Å². The van der Waals surface area contributed by atoms with Gasteiger partial charge in [-0.05, 0) is 42.9 Å². The van der Waals surface area contributed by atoms with Crippen molar-refractivity contribution in [3.63, 3.8) is 0 Å². The van der Waals surface area contributed by atoms with Crippen molar-refractivity contribution in [3.05, 3.63) is 30.1 Å².